The first-order chi connectivity index (χ1) is 8.27. The number of hydrogen-bond acceptors (Lipinski definition) is 3. The van der Waals surface area contributed by atoms with Crippen LogP contribution in [0.15, 0.2) is 22.7 Å². The highest BCUT2D eigenvalue weighted by Gasteiger charge is 2.02. The minimum atomic E-state index is 0.680. The number of ether oxygens (including phenoxy) is 2. The van der Waals surface area contributed by atoms with E-state index in [0.29, 0.717) is 6.61 Å². The van der Waals surface area contributed by atoms with E-state index in [-0.39, 0.29) is 0 Å². The molecule has 0 aromatic heterocycles. The van der Waals surface area contributed by atoms with Crippen LogP contribution in [0.5, 0.6) is 5.75 Å². The first-order valence-electron chi connectivity index (χ1n) is 5.88. The molecule has 1 rings (SSSR count). The molecule has 1 aromatic carbocycles. The fraction of sp³-hybridized carbons (Fsp3) is 0.538. The molecule has 0 aliphatic carbocycles. The standard InChI is InChI=1S/C13H20BrNO2/c1-3-15-10-11-5-6-13(12(14)9-11)17-8-4-7-16-2/h5-6,9,15H,3-4,7-8,10H2,1-2H3. The maximum Gasteiger partial charge on any atom is 0.133 e. The number of hydrogen-bond donors (Lipinski definition) is 1. The molecule has 4 heteroatoms. The molecule has 0 saturated carbocycles. The fourth-order valence-corrected chi connectivity index (χ4v) is 1.97. The zero-order valence-corrected chi connectivity index (χ0v) is 12.0. The Morgan fingerprint density at radius 1 is 1.29 bits per heavy atom. The van der Waals surface area contributed by atoms with E-state index in [0.717, 1.165) is 36.3 Å². The van der Waals surface area contributed by atoms with Crippen LogP contribution in [0.1, 0.15) is 18.9 Å². The molecule has 0 radical (unpaired) electrons. The van der Waals surface area contributed by atoms with Crippen LogP contribution in [0.3, 0.4) is 0 Å². The number of benzene rings is 1. The van der Waals surface area contributed by atoms with Gasteiger partial charge in [-0.05, 0) is 40.2 Å². The Balaban J connectivity index is 2.45. The van der Waals surface area contributed by atoms with Gasteiger partial charge < -0.3 is 14.8 Å². The van der Waals surface area contributed by atoms with Crippen LogP contribution in [0.2, 0.25) is 0 Å². The summed E-state index contributed by atoms with van der Waals surface area (Å²) >= 11 is 3.52. The third kappa shape index (κ3) is 5.52. The molecule has 0 fully saturated rings. The second-order valence-corrected chi connectivity index (χ2v) is 4.59. The second-order valence-electron chi connectivity index (χ2n) is 3.74. The molecule has 17 heavy (non-hydrogen) atoms. The van der Waals surface area contributed by atoms with Gasteiger partial charge in [-0.3, -0.25) is 0 Å². The molecule has 96 valence electrons. The topological polar surface area (TPSA) is 30.5 Å². The van der Waals surface area contributed by atoms with Gasteiger partial charge in [0.05, 0.1) is 11.1 Å². The second kappa shape index (κ2) is 8.50. The SMILES string of the molecule is CCNCc1ccc(OCCCOC)c(Br)c1. The molecule has 0 bridgehead atoms. The Morgan fingerprint density at radius 3 is 2.76 bits per heavy atom. The summed E-state index contributed by atoms with van der Waals surface area (Å²) in [5.41, 5.74) is 1.25. The lowest BCUT2D eigenvalue weighted by Gasteiger charge is -2.09. The highest BCUT2D eigenvalue weighted by molar-refractivity contribution is 9.10. The van der Waals surface area contributed by atoms with E-state index in [1.807, 2.05) is 6.07 Å². The van der Waals surface area contributed by atoms with Gasteiger partial charge in [-0.25, -0.2) is 0 Å². The first kappa shape index (κ1) is 14.5. The quantitative estimate of drug-likeness (QED) is 0.749. The minimum absolute atomic E-state index is 0.680. The summed E-state index contributed by atoms with van der Waals surface area (Å²) in [5.74, 6) is 0.890. The van der Waals surface area contributed by atoms with Gasteiger partial charge in [0, 0.05) is 26.7 Å². The molecule has 0 unspecified atom stereocenters. The maximum absolute atomic E-state index is 5.65. The van der Waals surface area contributed by atoms with E-state index in [9.17, 15) is 0 Å². The number of halogens is 1. The lowest BCUT2D eigenvalue weighted by atomic mass is 10.2. The molecular weight excluding hydrogens is 282 g/mol. The van der Waals surface area contributed by atoms with Crippen molar-refractivity contribution in [3.8, 4) is 5.75 Å². The van der Waals surface area contributed by atoms with Gasteiger partial charge in [0.1, 0.15) is 5.75 Å². The van der Waals surface area contributed by atoms with Crippen LogP contribution < -0.4 is 10.1 Å². The normalized spacial score (nSPS) is 10.5. The van der Waals surface area contributed by atoms with Gasteiger partial charge in [0.15, 0.2) is 0 Å². The van der Waals surface area contributed by atoms with E-state index in [1.54, 1.807) is 7.11 Å². The number of methoxy groups -OCH3 is 1. The summed E-state index contributed by atoms with van der Waals surface area (Å²) in [6.45, 7) is 5.38. The molecule has 0 aliphatic rings. The van der Waals surface area contributed by atoms with Gasteiger partial charge in [0.2, 0.25) is 0 Å². The van der Waals surface area contributed by atoms with E-state index in [2.05, 4.69) is 40.3 Å². The van der Waals surface area contributed by atoms with E-state index in [1.165, 1.54) is 5.56 Å². The highest BCUT2D eigenvalue weighted by atomic mass is 79.9. The van der Waals surface area contributed by atoms with Crippen molar-refractivity contribution in [3.63, 3.8) is 0 Å². The molecule has 0 atom stereocenters. The Kier molecular flexibility index (Phi) is 7.24. The Labute approximate surface area is 112 Å². The highest BCUT2D eigenvalue weighted by Crippen LogP contribution is 2.26. The third-order valence-electron chi connectivity index (χ3n) is 2.33. The van der Waals surface area contributed by atoms with Gasteiger partial charge in [0.25, 0.3) is 0 Å². The average molecular weight is 302 g/mol. The van der Waals surface area contributed by atoms with Crippen molar-refractivity contribution in [2.45, 2.75) is 19.9 Å². The van der Waals surface area contributed by atoms with Crippen LogP contribution >= 0.6 is 15.9 Å². The summed E-state index contributed by atoms with van der Waals surface area (Å²) in [6, 6.07) is 6.18. The Morgan fingerprint density at radius 2 is 2.12 bits per heavy atom. The van der Waals surface area contributed by atoms with Crippen LogP contribution in [-0.4, -0.2) is 26.9 Å². The van der Waals surface area contributed by atoms with E-state index in [4.69, 9.17) is 9.47 Å². The lowest BCUT2D eigenvalue weighted by Crippen LogP contribution is -2.11. The fourth-order valence-electron chi connectivity index (χ4n) is 1.43. The van der Waals surface area contributed by atoms with Crippen LogP contribution in [-0.2, 0) is 11.3 Å². The molecule has 0 spiro atoms. The summed E-state index contributed by atoms with van der Waals surface area (Å²) in [4.78, 5) is 0. The van der Waals surface area contributed by atoms with E-state index < -0.39 is 0 Å². The minimum Gasteiger partial charge on any atom is -0.492 e. The third-order valence-corrected chi connectivity index (χ3v) is 2.95. The van der Waals surface area contributed by atoms with Crippen molar-refractivity contribution in [1.29, 1.82) is 0 Å². The Hall–Kier alpha value is -0.580. The van der Waals surface area contributed by atoms with Gasteiger partial charge in [-0.15, -0.1) is 0 Å². The van der Waals surface area contributed by atoms with E-state index >= 15 is 0 Å². The zero-order chi connectivity index (χ0) is 12.5. The van der Waals surface area contributed by atoms with Gasteiger partial charge >= 0.3 is 0 Å². The van der Waals surface area contributed by atoms with Crippen molar-refractivity contribution in [1.82, 2.24) is 5.32 Å². The summed E-state index contributed by atoms with van der Waals surface area (Å²) in [7, 11) is 1.70. The van der Waals surface area contributed by atoms with Crippen molar-refractivity contribution in [2.75, 3.05) is 26.9 Å². The van der Waals surface area contributed by atoms with Crippen LogP contribution in [0.25, 0.3) is 0 Å². The maximum atomic E-state index is 5.65. The molecule has 0 heterocycles. The predicted molar refractivity (Wildman–Crippen MR) is 73.5 cm³/mol. The molecule has 0 amide bonds. The molecule has 0 saturated heterocycles. The molecule has 1 aromatic rings. The van der Waals surface area contributed by atoms with Gasteiger partial charge in [-0.1, -0.05) is 13.0 Å². The van der Waals surface area contributed by atoms with Crippen molar-refractivity contribution >= 4 is 15.9 Å². The lowest BCUT2D eigenvalue weighted by molar-refractivity contribution is 0.172. The molecular formula is C13H20BrNO2. The van der Waals surface area contributed by atoms with Crippen molar-refractivity contribution < 1.29 is 9.47 Å². The largest absolute Gasteiger partial charge is 0.492 e. The molecule has 3 nitrogen and oxygen atoms in total. The average Bonchev–Trinajstić information content (AvgIpc) is 2.34. The Bertz CT molecular complexity index is 331. The van der Waals surface area contributed by atoms with Gasteiger partial charge in [-0.2, -0.15) is 0 Å². The first-order valence-corrected chi connectivity index (χ1v) is 6.68. The van der Waals surface area contributed by atoms with Crippen molar-refractivity contribution in [2.24, 2.45) is 0 Å². The summed E-state index contributed by atoms with van der Waals surface area (Å²) in [6.07, 6.45) is 0.905. The molecule has 1 N–H and O–H groups in total. The smallest absolute Gasteiger partial charge is 0.133 e. The summed E-state index contributed by atoms with van der Waals surface area (Å²) in [5, 5.41) is 3.29. The van der Waals surface area contributed by atoms with Crippen molar-refractivity contribution in [3.05, 3.63) is 28.2 Å². The summed E-state index contributed by atoms with van der Waals surface area (Å²) < 4.78 is 11.6. The number of rotatable bonds is 8. The van der Waals surface area contributed by atoms with Crippen LogP contribution in [0.4, 0.5) is 0 Å². The molecule has 0 aliphatic heterocycles. The monoisotopic (exact) mass is 301 g/mol. The predicted octanol–water partition coefficient (Wildman–Crippen LogP) is 2.97. The van der Waals surface area contributed by atoms with Crippen LogP contribution in [0, 0.1) is 0 Å². The number of nitrogens with one attached hydrogen (secondary N) is 1. The zero-order valence-electron chi connectivity index (χ0n) is 10.5.